The van der Waals surface area contributed by atoms with E-state index in [2.05, 4.69) is 0 Å². The van der Waals surface area contributed by atoms with Gasteiger partial charge in [-0.15, -0.1) is 25.3 Å². The highest BCUT2D eigenvalue weighted by molar-refractivity contribution is 7.91. The summed E-state index contributed by atoms with van der Waals surface area (Å²) in [6.45, 7) is 0. The molecular weight excluding hydrogens is 528 g/mol. The van der Waals surface area contributed by atoms with Crippen molar-refractivity contribution in [1.82, 2.24) is 0 Å². The molecule has 0 radical (unpaired) electrons. The standard InChI is InChI=1S/C6H6O5S.C6H4O5S.2O3S/c2*7-4-2-1-3-5(6(4)8)12(9,10)11;2*1-4(2)3/h1-3,7-8H,(H,9,10,11);1-3H,(H,9,10,11);;. The topological polar surface area (TPSA) is 286 Å². The Morgan fingerprint density at radius 2 is 1.19 bits per heavy atom. The van der Waals surface area contributed by atoms with E-state index < -0.39 is 74.3 Å². The average Bonchev–Trinajstić information content (AvgIpc) is 2.57. The van der Waals surface area contributed by atoms with Gasteiger partial charge in [-0.2, -0.15) is 16.8 Å². The quantitative estimate of drug-likeness (QED) is 0.134. The number of Topliss-reactive ketones (excluding diaryl/α,β-unsaturated/α-hetero) is 1. The molecule has 2 rings (SSSR count). The van der Waals surface area contributed by atoms with Gasteiger partial charge in [-0.3, -0.25) is 18.7 Å². The summed E-state index contributed by atoms with van der Waals surface area (Å²) in [5, 5.41) is 17.8. The largest absolute Gasteiger partial charge is 0.504 e. The second-order valence-electron chi connectivity index (χ2n) is 4.57. The predicted octanol–water partition coefficient (Wildman–Crippen LogP) is -2.20. The summed E-state index contributed by atoms with van der Waals surface area (Å²) in [6, 6.07) is 3.27. The van der Waals surface area contributed by atoms with Gasteiger partial charge in [-0.25, -0.2) is 0 Å². The third kappa shape index (κ3) is 13.1. The maximum Gasteiger partial charge on any atom is 0.425 e. The lowest BCUT2D eigenvalue weighted by Crippen LogP contribution is -2.21. The third-order valence-corrected chi connectivity index (χ3v) is 4.24. The maximum atomic E-state index is 10.8. The molecule has 16 nitrogen and oxygen atoms in total. The summed E-state index contributed by atoms with van der Waals surface area (Å²) in [6.07, 6.45) is 2.89. The zero-order valence-electron chi connectivity index (χ0n) is 14.8. The minimum atomic E-state index is -4.57. The van der Waals surface area contributed by atoms with Crippen LogP contribution in [0.3, 0.4) is 0 Å². The van der Waals surface area contributed by atoms with Gasteiger partial charge in [-0.05, 0) is 24.3 Å². The molecule has 1 aromatic carbocycles. The molecule has 0 heterocycles. The Balaban J connectivity index is 0. The molecule has 1 aliphatic carbocycles. The molecule has 0 aliphatic heterocycles. The van der Waals surface area contributed by atoms with E-state index >= 15 is 0 Å². The monoisotopic (exact) mass is 538 g/mol. The Bertz CT molecular complexity index is 1320. The van der Waals surface area contributed by atoms with Gasteiger partial charge in [0.25, 0.3) is 20.2 Å². The second-order valence-corrected chi connectivity index (χ2v) is 8.16. The molecular formula is C12H10O16S4. The molecule has 0 saturated carbocycles. The number of carbonyl (C=O) groups is 2. The van der Waals surface area contributed by atoms with Gasteiger partial charge in [0, 0.05) is 0 Å². The molecule has 20 heteroatoms. The second kappa shape index (κ2) is 13.2. The fourth-order valence-electron chi connectivity index (χ4n) is 1.42. The van der Waals surface area contributed by atoms with E-state index in [1.54, 1.807) is 0 Å². The van der Waals surface area contributed by atoms with Crippen molar-refractivity contribution < 1.29 is 71.0 Å². The van der Waals surface area contributed by atoms with Crippen LogP contribution in [-0.2, 0) is 51.0 Å². The smallest absolute Gasteiger partial charge is 0.425 e. The molecule has 0 saturated heterocycles. The Hall–Kier alpha value is -3.30. The summed E-state index contributed by atoms with van der Waals surface area (Å²) in [5.41, 5.74) is 0. The van der Waals surface area contributed by atoms with Crippen molar-refractivity contribution in [2.75, 3.05) is 0 Å². The fourth-order valence-corrected chi connectivity index (χ4v) is 2.60. The Morgan fingerprint density at radius 1 is 0.750 bits per heavy atom. The molecule has 4 N–H and O–H groups in total. The molecule has 0 spiro atoms. The van der Waals surface area contributed by atoms with Gasteiger partial charge in [0.1, 0.15) is 9.80 Å². The maximum absolute atomic E-state index is 10.8. The van der Waals surface area contributed by atoms with E-state index in [-0.39, 0.29) is 0 Å². The number of para-hydroxylation sites is 1. The predicted molar refractivity (Wildman–Crippen MR) is 97.8 cm³/mol. The zero-order chi connectivity index (χ0) is 25.9. The molecule has 1 aliphatic rings. The van der Waals surface area contributed by atoms with Crippen LogP contribution in [0, 0.1) is 0 Å². The summed E-state index contributed by atoms with van der Waals surface area (Å²) < 4.78 is 109. The SMILES string of the molecule is O=C1C=CC=C(S(=O)(=O)O)C1=O.O=S(=O)(O)c1cccc(O)c1O.O=S(=O)=O.O=S(=O)=O. The van der Waals surface area contributed by atoms with E-state index in [4.69, 9.17) is 44.6 Å². The number of aromatic hydroxyl groups is 2. The summed E-state index contributed by atoms with van der Waals surface area (Å²) in [7, 11) is -15.3. The van der Waals surface area contributed by atoms with Crippen LogP contribution in [0.15, 0.2) is 46.2 Å². The number of rotatable bonds is 2. The zero-order valence-corrected chi connectivity index (χ0v) is 18.1. The highest BCUT2D eigenvalue weighted by Gasteiger charge is 2.28. The number of phenolic OH excluding ortho intramolecular Hbond substituents is 2. The van der Waals surface area contributed by atoms with Crippen molar-refractivity contribution in [2.45, 2.75) is 4.90 Å². The molecule has 32 heavy (non-hydrogen) atoms. The summed E-state index contributed by atoms with van der Waals surface area (Å²) >= 11 is 0. The van der Waals surface area contributed by atoms with Crippen molar-refractivity contribution >= 4 is 53.0 Å². The number of hydrogen-bond donors (Lipinski definition) is 4. The van der Waals surface area contributed by atoms with E-state index in [0.717, 1.165) is 30.4 Å². The van der Waals surface area contributed by atoms with Gasteiger partial charge in [0.15, 0.2) is 11.5 Å². The van der Waals surface area contributed by atoms with E-state index in [0.29, 0.717) is 0 Å². The number of phenols is 2. The summed E-state index contributed by atoms with van der Waals surface area (Å²) in [4.78, 5) is 19.8. The van der Waals surface area contributed by atoms with Gasteiger partial charge in [0.2, 0.25) is 11.6 Å². The number of allylic oxidation sites excluding steroid dienone is 4. The van der Waals surface area contributed by atoms with Gasteiger partial charge >= 0.3 is 21.2 Å². The average molecular weight is 538 g/mol. The van der Waals surface area contributed by atoms with Crippen molar-refractivity contribution in [1.29, 1.82) is 0 Å². The van der Waals surface area contributed by atoms with Crippen LogP contribution in [-0.4, -0.2) is 73.0 Å². The van der Waals surface area contributed by atoms with E-state index in [1.807, 2.05) is 0 Å². The molecule has 0 bridgehead atoms. The lowest BCUT2D eigenvalue weighted by Gasteiger charge is -2.01. The molecule has 0 unspecified atom stereocenters. The molecule has 178 valence electrons. The van der Waals surface area contributed by atoms with Crippen molar-refractivity contribution in [3.05, 3.63) is 41.3 Å². The highest BCUT2D eigenvalue weighted by Crippen LogP contribution is 2.31. The Morgan fingerprint density at radius 3 is 1.50 bits per heavy atom. The first-order valence-electron chi connectivity index (χ1n) is 6.78. The Labute approximate surface area is 181 Å². The third-order valence-electron chi connectivity index (χ3n) is 2.48. The van der Waals surface area contributed by atoms with Crippen LogP contribution in [0.25, 0.3) is 0 Å². The van der Waals surface area contributed by atoms with Crippen molar-refractivity contribution in [3.8, 4) is 11.5 Å². The number of carbonyl (C=O) groups excluding carboxylic acids is 2. The molecule has 1 aromatic rings. The Kier molecular flexibility index (Phi) is 12.7. The number of ketones is 2. The van der Waals surface area contributed by atoms with Crippen LogP contribution in [0.5, 0.6) is 11.5 Å². The van der Waals surface area contributed by atoms with Gasteiger partial charge < -0.3 is 10.2 Å². The van der Waals surface area contributed by atoms with Gasteiger partial charge in [0.05, 0.1) is 0 Å². The summed E-state index contributed by atoms with van der Waals surface area (Å²) in [5.74, 6) is -3.60. The minimum Gasteiger partial charge on any atom is -0.504 e. The fraction of sp³-hybridized carbons (Fsp3) is 0. The number of hydrogen-bond acceptors (Lipinski definition) is 14. The van der Waals surface area contributed by atoms with Crippen molar-refractivity contribution in [2.24, 2.45) is 0 Å². The van der Waals surface area contributed by atoms with Crippen LogP contribution in [0.2, 0.25) is 0 Å². The molecule has 0 amide bonds. The minimum absolute atomic E-state index is 0.592. The molecule has 0 aromatic heterocycles. The van der Waals surface area contributed by atoms with Crippen LogP contribution in [0.1, 0.15) is 0 Å². The first-order valence-corrected chi connectivity index (χ1v) is 11.7. The highest BCUT2D eigenvalue weighted by atomic mass is 32.2. The van der Waals surface area contributed by atoms with Crippen molar-refractivity contribution in [3.63, 3.8) is 0 Å². The lowest BCUT2D eigenvalue weighted by atomic mass is 10.1. The molecule has 0 fully saturated rings. The van der Waals surface area contributed by atoms with Crippen LogP contribution in [0.4, 0.5) is 0 Å². The van der Waals surface area contributed by atoms with E-state index in [1.165, 1.54) is 6.07 Å². The number of benzene rings is 1. The van der Waals surface area contributed by atoms with Gasteiger partial charge in [-0.1, -0.05) is 12.1 Å². The van der Waals surface area contributed by atoms with E-state index in [9.17, 15) is 26.4 Å². The van der Waals surface area contributed by atoms with Crippen LogP contribution >= 0.6 is 0 Å². The molecule has 0 atom stereocenters. The van der Waals surface area contributed by atoms with Crippen LogP contribution < -0.4 is 0 Å². The lowest BCUT2D eigenvalue weighted by molar-refractivity contribution is -0.131. The normalized spacial score (nSPS) is 12.5. The first-order chi connectivity index (χ1) is 14.3. The first kappa shape index (κ1) is 30.9.